The Morgan fingerprint density at radius 1 is 1.24 bits per heavy atom. The Labute approximate surface area is 204 Å². The van der Waals surface area contributed by atoms with Crippen molar-refractivity contribution in [1.82, 2.24) is 24.7 Å². The van der Waals surface area contributed by atoms with Crippen LogP contribution >= 0.6 is 12.2 Å². The number of H-pyrrole nitrogens is 1. The topological polar surface area (TPSA) is 73.4 Å². The molecule has 1 aromatic heterocycles. The van der Waals surface area contributed by atoms with Crippen LogP contribution in [-0.4, -0.2) is 65.0 Å². The molecule has 34 heavy (non-hydrogen) atoms. The van der Waals surface area contributed by atoms with E-state index < -0.39 is 0 Å². The zero-order valence-corrected chi connectivity index (χ0v) is 20.3. The normalized spacial score (nSPS) is 17.0. The van der Waals surface area contributed by atoms with Gasteiger partial charge in [0.1, 0.15) is 0 Å². The molecule has 2 N–H and O–H groups in total. The van der Waals surface area contributed by atoms with Crippen LogP contribution in [0.5, 0.6) is 0 Å². The van der Waals surface area contributed by atoms with Gasteiger partial charge in [-0.25, -0.2) is 0 Å². The minimum atomic E-state index is -0.189. The fourth-order valence-corrected chi connectivity index (χ4v) is 4.76. The molecule has 0 spiro atoms. The molecule has 178 valence electrons. The summed E-state index contributed by atoms with van der Waals surface area (Å²) in [5, 5.41) is 3.51. The average molecular weight is 478 g/mol. The van der Waals surface area contributed by atoms with Crippen molar-refractivity contribution in [2.24, 2.45) is 0 Å². The Hall–Kier alpha value is -3.07. The van der Waals surface area contributed by atoms with E-state index in [-0.39, 0.29) is 11.5 Å². The highest BCUT2D eigenvalue weighted by molar-refractivity contribution is 7.71. The summed E-state index contributed by atoms with van der Waals surface area (Å²) < 4.78 is 1.76. The van der Waals surface area contributed by atoms with Gasteiger partial charge in [0.2, 0.25) is 0 Å². The van der Waals surface area contributed by atoms with Gasteiger partial charge in [0, 0.05) is 50.9 Å². The summed E-state index contributed by atoms with van der Waals surface area (Å²) in [5.41, 5.74) is 2.20. The lowest BCUT2D eigenvalue weighted by Gasteiger charge is -2.40. The number of nitrogens with zero attached hydrogens (tertiary/aromatic N) is 3. The standard InChI is InChI=1S/C26H31N5O2S/c1-3-13-31-25(33)21-11-10-20(17-22(21)28-26(31)34)24(32)27-12-7-14-30-16-15-29(2)18-23(30)19-8-5-4-6-9-19/h3-6,8-11,17,23H,1,7,12-16,18H2,2H3,(H,27,32)(H,28,34). The monoisotopic (exact) mass is 477 g/mol. The second kappa shape index (κ2) is 10.9. The summed E-state index contributed by atoms with van der Waals surface area (Å²) in [4.78, 5) is 33.3. The Bertz CT molecular complexity index is 1280. The molecular weight excluding hydrogens is 446 g/mol. The Kier molecular flexibility index (Phi) is 7.72. The molecule has 7 nitrogen and oxygen atoms in total. The smallest absolute Gasteiger partial charge is 0.262 e. The van der Waals surface area contributed by atoms with Crippen molar-refractivity contribution < 1.29 is 4.79 Å². The van der Waals surface area contributed by atoms with Gasteiger partial charge < -0.3 is 15.2 Å². The van der Waals surface area contributed by atoms with Crippen LogP contribution in [0.15, 0.2) is 66.0 Å². The maximum atomic E-state index is 12.7. The number of hydrogen-bond acceptors (Lipinski definition) is 5. The van der Waals surface area contributed by atoms with E-state index >= 15 is 0 Å². The van der Waals surface area contributed by atoms with Crippen molar-refractivity contribution in [3.05, 3.63) is 87.4 Å². The highest BCUT2D eigenvalue weighted by Crippen LogP contribution is 2.24. The van der Waals surface area contributed by atoms with Crippen LogP contribution in [0, 0.1) is 4.77 Å². The SMILES string of the molecule is C=CCn1c(=S)[nH]c2cc(C(=O)NCCCN3CCN(C)CC3c3ccccc3)ccc2c1=O. The number of rotatable bonds is 8. The molecule has 1 aliphatic heterocycles. The first-order chi connectivity index (χ1) is 16.5. The molecule has 1 unspecified atom stereocenters. The zero-order valence-electron chi connectivity index (χ0n) is 19.5. The predicted octanol–water partition coefficient (Wildman–Crippen LogP) is 3.35. The van der Waals surface area contributed by atoms with Gasteiger partial charge in [0.25, 0.3) is 11.5 Å². The van der Waals surface area contributed by atoms with Gasteiger partial charge >= 0.3 is 0 Å². The molecule has 1 fully saturated rings. The Morgan fingerprint density at radius 2 is 2.03 bits per heavy atom. The molecule has 4 rings (SSSR count). The molecule has 8 heteroatoms. The Morgan fingerprint density at radius 3 is 2.79 bits per heavy atom. The molecule has 0 saturated carbocycles. The summed E-state index contributed by atoms with van der Waals surface area (Å²) in [6.07, 6.45) is 2.49. The summed E-state index contributed by atoms with van der Waals surface area (Å²) in [5.74, 6) is -0.158. The van der Waals surface area contributed by atoms with Gasteiger partial charge in [-0.1, -0.05) is 36.4 Å². The third kappa shape index (κ3) is 5.35. The first-order valence-electron chi connectivity index (χ1n) is 11.6. The van der Waals surface area contributed by atoms with Crippen LogP contribution in [0.3, 0.4) is 0 Å². The maximum absolute atomic E-state index is 12.7. The van der Waals surface area contributed by atoms with Crippen molar-refractivity contribution in [2.75, 3.05) is 39.8 Å². The number of hydrogen-bond donors (Lipinski definition) is 2. The van der Waals surface area contributed by atoms with E-state index in [1.165, 1.54) is 10.1 Å². The number of aromatic nitrogens is 2. The van der Waals surface area contributed by atoms with E-state index in [2.05, 4.69) is 58.0 Å². The second-order valence-corrected chi connectivity index (χ2v) is 9.12. The molecule has 0 aliphatic carbocycles. The number of piperazine rings is 1. The van der Waals surface area contributed by atoms with Crippen molar-refractivity contribution >= 4 is 29.0 Å². The van der Waals surface area contributed by atoms with Gasteiger partial charge in [-0.2, -0.15) is 0 Å². The number of nitrogens with one attached hydrogen (secondary N) is 2. The first-order valence-corrected chi connectivity index (χ1v) is 12.0. The van der Waals surface area contributed by atoms with Crippen molar-refractivity contribution in [3.63, 3.8) is 0 Å². The van der Waals surface area contributed by atoms with Crippen LogP contribution in [0.1, 0.15) is 28.4 Å². The third-order valence-electron chi connectivity index (χ3n) is 6.34. The van der Waals surface area contributed by atoms with Crippen molar-refractivity contribution in [3.8, 4) is 0 Å². The van der Waals surface area contributed by atoms with Crippen LogP contribution < -0.4 is 10.9 Å². The van der Waals surface area contributed by atoms with E-state index in [0.29, 0.717) is 40.4 Å². The number of benzene rings is 2. The number of likely N-dealkylation sites (N-methyl/N-ethyl adjacent to an activating group) is 1. The number of amides is 1. The molecule has 2 aromatic carbocycles. The van der Waals surface area contributed by atoms with E-state index in [4.69, 9.17) is 12.2 Å². The molecule has 1 atom stereocenters. The summed E-state index contributed by atoms with van der Waals surface area (Å²) in [7, 11) is 2.16. The molecule has 1 aliphatic rings. The molecule has 1 amide bonds. The minimum Gasteiger partial charge on any atom is -0.352 e. The van der Waals surface area contributed by atoms with Gasteiger partial charge in [-0.3, -0.25) is 19.1 Å². The number of carbonyl (C=O) groups excluding carboxylic acids is 1. The summed E-state index contributed by atoms with van der Waals surface area (Å²) in [6, 6.07) is 16.0. The average Bonchev–Trinajstić information content (AvgIpc) is 2.85. The van der Waals surface area contributed by atoms with Gasteiger partial charge in [0.05, 0.1) is 10.9 Å². The Balaban J connectivity index is 1.37. The van der Waals surface area contributed by atoms with E-state index in [1.54, 1.807) is 24.3 Å². The van der Waals surface area contributed by atoms with Gasteiger partial charge in [0.15, 0.2) is 4.77 Å². The van der Waals surface area contributed by atoms with E-state index in [0.717, 1.165) is 32.6 Å². The molecule has 0 radical (unpaired) electrons. The van der Waals surface area contributed by atoms with E-state index in [9.17, 15) is 9.59 Å². The first kappa shape index (κ1) is 24.1. The largest absolute Gasteiger partial charge is 0.352 e. The third-order valence-corrected chi connectivity index (χ3v) is 6.66. The van der Waals surface area contributed by atoms with Crippen LogP contribution in [0.4, 0.5) is 0 Å². The van der Waals surface area contributed by atoms with E-state index in [1.807, 2.05) is 6.07 Å². The number of fused-ring (bicyclic) bond motifs is 1. The minimum absolute atomic E-state index is 0.158. The predicted molar refractivity (Wildman–Crippen MR) is 139 cm³/mol. The van der Waals surface area contributed by atoms with Crippen LogP contribution in [-0.2, 0) is 6.54 Å². The second-order valence-electron chi connectivity index (χ2n) is 8.73. The fraction of sp³-hybridized carbons (Fsp3) is 0.346. The highest BCUT2D eigenvalue weighted by Gasteiger charge is 2.26. The number of aromatic amines is 1. The molecule has 0 bridgehead atoms. The molecular formula is C26H31N5O2S. The maximum Gasteiger partial charge on any atom is 0.262 e. The van der Waals surface area contributed by atoms with Gasteiger partial charge in [-0.05, 0) is 49.4 Å². The van der Waals surface area contributed by atoms with Gasteiger partial charge in [-0.15, -0.1) is 6.58 Å². The van der Waals surface area contributed by atoms with Crippen molar-refractivity contribution in [1.29, 1.82) is 0 Å². The van der Waals surface area contributed by atoms with Crippen LogP contribution in [0.2, 0.25) is 0 Å². The summed E-state index contributed by atoms with van der Waals surface area (Å²) >= 11 is 5.29. The highest BCUT2D eigenvalue weighted by atomic mass is 32.1. The summed E-state index contributed by atoms with van der Waals surface area (Å²) in [6.45, 7) is 8.57. The number of allylic oxidation sites excluding steroid dienone is 1. The molecule has 1 saturated heterocycles. The lowest BCUT2D eigenvalue weighted by atomic mass is 10.0. The molecule has 2 heterocycles. The zero-order chi connectivity index (χ0) is 24.1. The molecule has 3 aromatic rings. The lowest BCUT2D eigenvalue weighted by Crippen LogP contribution is -2.47. The fourth-order valence-electron chi connectivity index (χ4n) is 4.49. The van der Waals surface area contributed by atoms with Crippen LogP contribution in [0.25, 0.3) is 10.9 Å². The number of carbonyl (C=O) groups is 1. The van der Waals surface area contributed by atoms with Crippen molar-refractivity contribution in [2.45, 2.75) is 19.0 Å². The lowest BCUT2D eigenvalue weighted by molar-refractivity contribution is 0.0866. The quantitative estimate of drug-likeness (QED) is 0.296.